The van der Waals surface area contributed by atoms with Crippen LogP contribution in [0.4, 0.5) is 4.79 Å². The Hall–Kier alpha value is -2.15. The minimum Gasteiger partial charge on any atom is -0.480 e. The lowest BCUT2D eigenvalue weighted by molar-refractivity contribution is -0.138. The molecule has 2 amide bonds. The van der Waals surface area contributed by atoms with Crippen LogP contribution in [0.5, 0.6) is 0 Å². The average Bonchev–Trinajstić information content (AvgIpc) is 2.46. The van der Waals surface area contributed by atoms with E-state index in [1.54, 1.807) is 11.1 Å². The van der Waals surface area contributed by atoms with Crippen LogP contribution in [0.3, 0.4) is 0 Å². The lowest BCUT2D eigenvalue weighted by Crippen LogP contribution is -2.52. The molecule has 7 heteroatoms. The number of urea groups is 1. The molecule has 2 N–H and O–H groups in total. The quantitative estimate of drug-likeness (QED) is 0.809. The van der Waals surface area contributed by atoms with E-state index in [0.717, 1.165) is 5.69 Å². The van der Waals surface area contributed by atoms with Gasteiger partial charge in [-0.05, 0) is 12.1 Å². The third-order valence-corrected chi connectivity index (χ3v) is 3.17. The molecule has 0 saturated carbocycles. The summed E-state index contributed by atoms with van der Waals surface area (Å²) in [6.07, 6.45) is 1.69. The molecule has 1 fully saturated rings. The van der Waals surface area contributed by atoms with Gasteiger partial charge in [0.05, 0.1) is 18.8 Å². The highest BCUT2D eigenvalue weighted by atomic mass is 16.4. The maximum atomic E-state index is 12.0. The van der Waals surface area contributed by atoms with E-state index in [1.165, 1.54) is 0 Å². The molecule has 1 aliphatic heterocycles. The van der Waals surface area contributed by atoms with Gasteiger partial charge in [0.25, 0.3) is 0 Å². The van der Waals surface area contributed by atoms with Crippen LogP contribution in [0.2, 0.25) is 0 Å². The first-order chi connectivity index (χ1) is 9.65. The fraction of sp³-hybridized carbons (Fsp3) is 0.462. The second-order valence-corrected chi connectivity index (χ2v) is 4.64. The second kappa shape index (κ2) is 6.85. The molecule has 1 saturated heterocycles. The molecule has 0 bridgehead atoms. The highest BCUT2D eigenvalue weighted by Crippen LogP contribution is 2.02. The summed E-state index contributed by atoms with van der Waals surface area (Å²) >= 11 is 0. The van der Waals surface area contributed by atoms with Gasteiger partial charge in [-0.2, -0.15) is 0 Å². The lowest BCUT2D eigenvalue weighted by Gasteiger charge is -2.33. The van der Waals surface area contributed by atoms with E-state index < -0.39 is 5.97 Å². The van der Waals surface area contributed by atoms with E-state index >= 15 is 0 Å². The Morgan fingerprint density at radius 1 is 1.25 bits per heavy atom. The molecule has 20 heavy (non-hydrogen) atoms. The normalized spacial score (nSPS) is 15.9. The molecule has 7 nitrogen and oxygen atoms in total. The highest BCUT2D eigenvalue weighted by molar-refractivity contribution is 5.74. The Morgan fingerprint density at radius 3 is 2.60 bits per heavy atom. The van der Waals surface area contributed by atoms with Gasteiger partial charge in [0.2, 0.25) is 0 Å². The Labute approximate surface area is 117 Å². The number of pyridine rings is 1. The molecule has 1 aromatic rings. The first-order valence-corrected chi connectivity index (χ1v) is 6.52. The van der Waals surface area contributed by atoms with Gasteiger partial charge >= 0.3 is 12.0 Å². The third kappa shape index (κ3) is 4.20. The van der Waals surface area contributed by atoms with Crippen LogP contribution in [0.15, 0.2) is 24.4 Å². The van der Waals surface area contributed by atoms with Crippen molar-refractivity contribution < 1.29 is 14.7 Å². The minimum atomic E-state index is -0.835. The predicted molar refractivity (Wildman–Crippen MR) is 72.1 cm³/mol. The molecule has 2 rings (SSSR count). The topological polar surface area (TPSA) is 85.8 Å². The zero-order valence-corrected chi connectivity index (χ0v) is 11.2. The summed E-state index contributed by atoms with van der Waals surface area (Å²) in [6.45, 7) is 2.69. The molecule has 108 valence electrons. The molecule has 0 spiro atoms. The summed E-state index contributed by atoms with van der Waals surface area (Å²) in [5.41, 5.74) is 0.811. The molecule has 0 radical (unpaired) electrons. The van der Waals surface area contributed by atoms with Crippen molar-refractivity contribution in [2.75, 3.05) is 32.7 Å². The summed E-state index contributed by atoms with van der Waals surface area (Å²) in [4.78, 5) is 30.2. The zero-order chi connectivity index (χ0) is 14.4. The largest absolute Gasteiger partial charge is 0.480 e. The highest BCUT2D eigenvalue weighted by Gasteiger charge is 2.21. The van der Waals surface area contributed by atoms with Gasteiger partial charge in [0, 0.05) is 32.4 Å². The average molecular weight is 278 g/mol. The Kier molecular flexibility index (Phi) is 4.89. The molecule has 2 heterocycles. The predicted octanol–water partition coefficient (Wildman–Crippen LogP) is -0.00660. The fourth-order valence-corrected chi connectivity index (χ4v) is 2.08. The number of carbonyl (C=O) groups excluding carboxylic acids is 1. The molecular formula is C13H18N4O3. The molecule has 0 unspecified atom stereocenters. The maximum absolute atomic E-state index is 12.0. The van der Waals surface area contributed by atoms with Crippen LogP contribution in [0, 0.1) is 0 Å². The number of amides is 2. The summed E-state index contributed by atoms with van der Waals surface area (Å²) in [7, 11) is 0. The van der Waals surface area contributed by atoms with Gasteiger partial charge in [-0.15, -0.1) is 0 Å². The minimum absolute atomic E-state index is 0.0311. The van der Waals surface area contributed by atoms with Crippen LogP contribution < -0.4 is 5.32 Å². The zero-order valence-electron chi connectivity index (χ0n) is 11.2. The van der Waals surface area contributed by atoms with Crippen LogP contribution >= 0.6 is 0 Å². The maximum Gasteiger partial charge on any atom is 0.317 e. The first-order valence-electron chi connectivity index (χ1n) is 6.52. The van der Waals surface area contributed by atoms with Crippen molar-refractivity contribution in [3.05, 3.63) is 30.1 Å². The molecule has 1 aliphatic rings. The van der Waals surface area contributed by atoms with E-state index in [0.29, 0.717) is 32.7 Å². The monoisotopic (exact) mass is 278 g/mol. The van der Waals surface area contributed by atoms with Crippen molar-refractivity contribution in [3.63, 3.8) is 0 Å². The van der Waals surface area contributed by atoms with Crippen LogP contribution in [0.25, 0.3) is 0 Å². The summed E-state index contributed by atoms with van der Waals surface area (Å²) < 4.78 is 0. The molecule has 1 aromatic heterocycles. The number of hydrogen-bond donors (Lipinski definition) is 2. The number of aliphatic carboxylic acids is 1. The molecule has 0 aromatic carbocycles. The number of carboxylic acids is 1. The molecule has 0 aliphatic carbocycles. The molecular weight excluding hydrogens is 260 g/mol. The van der Waals surface area contributed by atoms with E-state index in [9.17, 15) is 9.59 Å². The number of nitrogens with one attached hydrogen (secondary N) is 1. The van der Waals surface area contributed by atoms with E-state index in [1.807, 2.05) is 23.1 Å². The number of carbonyl (C=O) groups is 2. The van der Waals surface area contributed by atoms with E-state index in [2.05, 4.69) is 10.3 Å². The standard InChI is InChI=1S/C13H18N4O3/c18-12(19)10-16-5-7-17(8-6-16)13(20)15-9-11-3-1-2-4-14-11/h1-4H,5-10H2,(H,15,20)(H,18,19). The summed E-state index contributed by atoms with van der Waals surface area (Å²) in [6, 6.07) is 5.42. The van der Waals surface area contributed by atoms with Gasteiger partial charge < -0.3 is 15.3 Å². The Bertz CT molecular complexity index is 458. The van der Waals surface area contributed by atoms with Gasteiger partial charge in [0.15, 0.2) is 0 Å². The van der Waals surface area contributed by atoms with Crippen molar-refractivity contribution >= 4 is 12.0 Å². The van der Waals surface area contributed by atoms with E-state index in [4.69, 9.17) is 5.11 Å². The van der Waals surface area contributed by atoms with Crippen molar-refractivity contribution in [2.45, 2.75) is 6.54 Å². The smallest absolute Gasteiger partial charge is 0.317 e. The fourth-order valence-electron chi connectivity index (χ4n) is 2.08. The number of nitrogens with zero attached hydrogens (tertiary/aromatic N) is 3. The summed E-state index contributed by atoms with van der Waals surface area (Å²) in [5.74, 6) is -0.835. The van der Waals surface area contributed by atoms with Crippen LogP contribution in [-0.2, 0) is 11.3 Å². The van der Waals surface area contributed by atoms with Crippen molar-refractivity contribution in [3.8, 4) is 0 Å². The van der Waals surface area contributed by atoms with Crippen LogP contribution in [-0.4, -0.2) is 64.6 Å². The second-order valence-electron chi connectivity index (χ2n) is 4.64. The first kappa shape index (κ1) is 14.3. The number of aromatic nitrogens is 1. The number of piperazine rings is 1. The Balaban J connectivity index is 1.73. The van der Waals surface area contributed by atoms with Gasteiger partial charge in [0.1, 0.15) is 0 Å². The van der Waals surface area contributed by atoms with Crippen molar-refractivity contribution in [1.82, 2.24) is 20.1 Å². The van der Waals surface area contributed by atoms with Gasteiger partial charge in [-0.1, -0.05) is 6.07 Å². The lowest BCUT2D eigenvalue weighted by atomic mass is 10.3. The van der Waals surface area contributed by atoms with E-state index in [-0.39, 0.29) is 12.6 Å². The van der Waals surface area contributed by atoms with Crippen molar-refractivity contribution in [2.24, 2.45) is 0 Å². The molecule has 0 atom stereocenters. The van der Waals surface area contributed by atoms with Gasteiger partial charge in [-0.3, -0.25) is 14.7 Å². The summed E-state index contributed by atoms with van der Waals surface area (Å²) in [5, 5.41) is 11.5. The number of rotatable bonds is 4. The Morgan fingerprint density at radius 2 is 2.00 bits per heavy atom. The number of hydrogen-bond acceptors (Lipinski definition) is 4. The van der Waals surface area contributed by atoms with Crippen molar-refractivity contribution in [1.29, 1.82) is 0 Å². The van der Waals surface area contributed by atoms with Crippen LogP contribution in [0.1, 0.15) is 5.69 Å². The third-order valence-electron chi connectivity index (χ3n) is 3.17. The number of carboxylic acid groups (broad SMARTS) is 1. The SMILES string of the molecule is O=C(O)CN1CCN(C(=O)NCc2ccccn2)CC1. The van der Waals surface area contributed by atoms with Gasteiger partial charge in [-0.25, -0.2) is 4.79 Å².